The van der Waals surface area contributed by atoms with Gasteiger partial charge in [-0.05, 0) is 25.0 Å². The van der Waals surface area contributed by atoms with Crippen LogP contribution in [0.4, 0.5) is 5.69 Å². The summed E-state index contributed by atoms with van der Waals surface area (Å²) >= 11 is 0. The van der Waals surface area contributed by atoms with Crippen LogP contribution in [0.2, 0.25) is 0 Å². The van der Waals surface area contributed by atoms with Crippen molar-refractivity contribution in [3.05, 3.63) is 24.0 Å². The molecule has 2 aliphatic rings. The van der Waals surface area contributed by atoms with Crippen molar-refractivity contribution in [3.8, 4) is 0 Å². The van der Waals surface area contributed by atoms with E-state index in [-0.39, 0.29) is 5.91 Å². The molecule has 2 aliphatic heterocycles. The molecule has 2 N–H and O–H groups in total. The Labute approximate surface area is 119 Å². The second-order valence-corrected chi connectivity index (χ2v) is 6.07. The lowest BCUT2D eigenvalue weighted by molar-refractivity contribution is -0.131. The molecule has 0 bridgehead atoms. The van der Waals surface area contributed by atoms with E-state index in [1.54, 1.807) is 6.92 Å². The summed E-state index contributed by atoms with van der Waals surface area (Å²) in [5.41, 5.74) is 8.09. The molecule has 1 aromatic rings. The number of aromatic nitrogens is 1. The van der Waals surface area contributed by atoms with Crippen LogP contribution >= 0.6 is 0 Å². The van der Waals surface area contributed by atoms with Gasteiger partial charge in [0.2, 0.25) is 5.91 Å². The number of pyridine rings is 1. The van der Waals surface area contributed by atoms with E-state index in [1.165, 1.54) is 5.69 Å². The first-order chi connectivity index (χ1) is 9.62. The van der Waals surface area contributed by atoms with Crippen molar-refractivity contribution in [3.63, 3.8) is 0 Å². The van der Waals surface area contributed by atoms with Gasteiger partial charge in [-0.2, -0.15) is 0 Å². The zero-order valence-corrected chi connectivity index (χ0v) is 12.0. The molecular weight excluding hydrogens is 252 g/mol. The minimum absolute atomic E-state index is 0.206. The summed E-state index contributed by atoms with van der Waals surface area (Å²) in [6, 6.07) is 4.10. The highest BCUT2D eigenvalue weighted by molar-refractivity contribution is 5.73. The number of likely N-dealkylation sites (tertiary alicyclic amines) is 1. The lowest BCUT2D eigenvalue weighted by Gasteiger charge is -2.54. The highest BCUT2D eigenvalue weighted by atomic mass is 16.2. The number of amides is 1. The average molecular weight is 274 g/mol. The molecule has 1 spiro atoms. The molecule has 0 radical (unpaired) electrons. The molecule has 2 saturated heterocycles. The Morgan fingerprint density at radius 2 is 2.05 bits per heavy atom. The smallest absolute Gasteiger partial charge is 0.219 e. The molecule has 3 rings (SSSR count). The van der Waals surface area contributed by atoms with Gasteiger partial charge in [-0.25, -0.2) is 0 Å². The molecule has 3 heterocycles. The molecule has 108 valence electrons. The molecule has 0 saturated carbocycles. The second kappa shape index (κ2) is 5.05. The molecule has 20 heavy (non-hydrogen) atoms. The molecule has 0 aromatic carbocycles. The quantitative estimate of drug-likeness (QED) is 0.873. The van der Waals surface area contributed by atoms with Crippen molar-refractivity contribution in [2.75, 3.05) is 31.1 Å². The van der Waals surface area contributed by atoms with Crippen LogP contribution in [-0.4, -0.2) is 42.0 Å². The second-order valence-electron chi connectivity index (χ2n) is 6.07. The van der Waals surface area contributed by atoms with Crippen LogP contribution in [0.25, 0.3) is 0 Å². The van der Waals surface area contributed by atoms with Gasteiger partial charge in [0.05, 0.1) is 17.6 Å². The third kappa shape index (κ3) is 2.38. The van der Waals surface area contributed by atoms with Crippen molar-refractivity contribution in [1.82, 2.24) is 9.88 Å². The van der Waals surface area contributed by atoms with E-state index in [1.807, 2.05) is 17.2 Å². The third-order valence-electron chi connectivity index (χ3n) is 4.71. The summed E-state index contributed by atoms with van der Waals surface area (Å²) in [5.74, 6) is 0.206. The molecule has 1 amide bonds. The Bertz CT molecular complexity index is 483. The summed E-state index contributed by atoms with van der Waals surface area (Å²) in [5, 5.41) is 0. The first-order valence-electron chi connectivity index (χ1n) is 7.27. The van der Waals surface area contributed by atoms with Crippen LogP contribution in [0.15, 0.2) is 18.3 Å². The third-order valence-corrected chi connectivity index (χ3v) is 4.71. The Hall–Kier alpha value is -1.62. The fourth-order valence-electron chi connectivity index (χ4n) is 3.28. The normalized spacial score (nSPS) is 20.9. The summed E-state index contributed by atoms with van der Waals surface area (Å²) in [4.78, 5) is 20.0. The van der Waals surface area contributed by atoms with E-state index in [2.05, 4.69) is 16.0 Å². The van der Waals surface area contributed by atoms with E-state index in [4.69, 9.17) is 5.73 Å². The van der Waals surface area contributed by atoms with Gasteiger partial charge in [0, 0.05) is 45.1 Å². The van der Waals surface area contributed by atoms with E-state index < -0.39 is 0 Å². The van der Waals surface area contributed by atoms with E-state index >= 15 is 0 Å². The number of nitrogens with two attached hydrogens (primary N) is 1. The van der Waals surface area contributed by atoms with Crippen LogP contribution in [0.3, 0.4) is 0 Å². The summed E-state index contributed by atoms with van der Waals surface area (Å²) in [6.07, 6.45) is 4.16. The van der Waals surface area contributed by atoms with Gasteiger partial charge < -0.3 is 15.5 Å². The van der Waals surface area contributed by atoms with Crippen LogP contribution in [0, 0.1) is 5.41 Å². The Kier molecular flexibility index (Phi) is 3.38. The largest absolute Gasteiger partial charge is 0.369 e. The minimum atomic E-state index is 0.206. The Morgan fingerprint density at radius 3 is 2.55 bits per heavy atom. The predicted molar refractivity (Wildman–Crippen MR) is 78.3 cm³/mol. The van der Waals surface area contributed by atoms with Crippen molar-refractivity contribution in [2.45, 2.75) is 26.3 Å². The number of hydrogen-bond acceptors (Lipinski definition) is 4. The van der Waals surface area contributed by atoms with Crippen molar-refractivity contribution in [1.29, 1.82) is 0 Å². The summed E-state index contributed by atoms with van der Waals surface area (Å²) < 4.78 is 0. The van der Waals surface area contributed by atoms with Crippen molar-refractivity contribution >= 4 is 11.6 Å². The summed E-state index contributed by atoms with van der Waals surface area (Å²) in [7, 11) is 0. The molecular formula is C15H22N4O. The van der Waals surface area contributed by atoms with E-state index in [0.29, 0.717) is 12.0 Å². The molecule has 0 atom stereocenters. The summed E-state index contributed by atoms with van der Waals surface area (Å²) in [6.45, 7) is 6.15. The number of piperidine rings is 1. The lowest BCUT2D eigenvalue weighted by Crippen LogP contribution is -2.60. The number of rotatable bonds is 2. The van der Waals surface area contributed by atoms with E-state index in [0.717, 1.165) is 44.7 Å². The maximum atomic E-state index is 11.4. The topological polar surface area (TPSA) is 62.5 Å². The van der Waals surface area contributed by atoms with Crippen LogP contribution in [0.5, 0.6) is 0 Å². The molecule has 1 aromatic heterocycles. The van der Waals surface area contributed by atoms with Crippen molar-refractivity contribution in [2.24, 2.45) is 11.1 Å². The zero-order chi connectivity index (χ0) is 14.2. The van der Waals surface area contributed by atoms with Crippen LogP contribution < -0.4 is 10.6 Å². The van der Waals surface area contributed by atoms with Gasteiger partial charge in [0.25, 0.3) is 0 Å². The number of carbonyl (C=O) groups excluding carboxylic acids is 1. The Morgan fingerprint density at radius 1 is 1.35 bits per heavy atom. The highest BCUT2D eigenvalue weighted by Crippen LogP contribution is 2.42. The van der Waals surface area contributed by atoms with Gasteiger partial charge in [-0.1, -0.05) is 0 Å². The van der Waals surface area contributed by atoms with Gasteiger partial charge in [-0.15, -0.1) is 0 Å². The van der Waals surface area contributed by atoms with Gasteiger partial charge in [0.1, 0.15) is 0 Å². The number of nitrogens with zero attached hydrogens (tertiary/aromatic N) is 3. The standard InChI is InChI=1S/C15H22N4O/c1-12(20)18-6-4-15(5-7-18)10-19(11-15)14-3-2-13(8-16)17-9-14/h2-3,9H,4-8,10-11,16H2,1H3. The maximum absolute atomic E-state index is 11.4. The predicted octanol–water partition coefficient (Wildman–Crippen LogP) is 0.989. The van der Waals surface area contributed by atoms with Gasteiger partial charge in [0.15, 0.2) is 0 Å². The number of carbonyl (C=O) groups is 1. The first-order valence-corrected chi connectivity index (χ1v) is 7.27. The monoisotopic (exact) mass is 274 g/mol. The van der Waals surface area contributed by atoms with E-state index in [9.17, 15) is 4.79 Å². The number of anilines is 1. The fraction of sp³-hybridized carbons (Fsp3) is 0.600. The first kappa shape index (κ1) is 13.4. The molecule has 5 nitrogen and oxygen atoms in total. The highest BCUT2D eigenvalue weighted by Gasteiger charge is 2.45. The van der Waals surface area contributed by atoms with Gasteiger partial charge in [-0.3, -0.25) is 9.78 Å². The Balaban J connectivity index is 1.57. The van der Waals surface area contributed by atoms with Crippen LogP contribution in [-0.2, 0) is 11.3 Å². The fourth-order valence-corrected chi connectivity index (χ4v) is 3.28. The molecule has 0 unspecified atom stereocenters. The average Bonchev–Trinajstić information content (AvgIpc) is 2.45. The van der Waals surface area contributed by atoms with Gasteiger partial charge >= 0.3 is 0 Å². The maximum Gasteiger partial charge on any atom is 0.219 e. The number of hydrogen-bond donors (Lipinski definition) is 1. The lowest BCUT2D eigenvalue weighted by atomic mass is 9.72. The van der Waals surface area contributed by atoms with Crippen molar-refractivity contribution < 1.29 is 4.79 Å². The molecule has 2 fully saturated rings. The minimum Gasteiger partial charge on any atom is -0.369 e. The van der Waals surface area contributed by atoms with Crippen LogP contribution in [0.1, 0.15) is 25.5 Å². The molecule has 0 aliphatic carbocycles. The SMILES string of the molecule is CC(=O)N1CCC2(CC1)CN(c1ccc(CN)nc1)C2. The molecule has 5 heteroatoms. The zero-order valence-electron chi connectivity index (χ0n) is 12.0.